The number of benzene rings is 2. The van der Waals surface area contributed by atoms with E-state index in [1.165, 1.54) is 23.0 Å². The first-order valence-electron chi connectivity index (χ1n) is 12.1. The van der Waals surface area contributed by atoms with Crippen molar-refractivity contribution in [3.8, 4) is 0 Å². The van der Waals surface area contributed by atoms with E-state index in [0.717, 1.165) is 63.3 Å². The third kappa shape index (κ3) is 6.72. The van der Waals surface area contributed by atoms with Crippen LogP contribution in [-0.2, 0) is 5.75 Å². The molecule has 0 spiro atoms. The van der Waals surface area contributed by atoms with Crippen molar-refractivity contribution in [1.82, 2.24) is 9.80 Å². The Bertz CT molecular complexity index is 947. The number of hydrogen-bond donors (Lipinski definition) is 3. The minimum atomic E-state index is -0.150. The first-order valence-corrected chi connectivity index (χ1v) is 13.5. The highest BCUT2D eigenvalue weighted by Gasteiger charge is 2.28. The van der Waals surface area contributed by atoms with Crippen LogP contribution >= 0.6 is 24.0 Å². The second-order valence-corrected chi connectivity index (χ2v) is 10.5. The van der Waals surface area contributed by atoms with Gasteiger partial charge in [0.05, 0.1) is 6.10 Å². The lowest BCUT2D eigenvalue weighted by Gasteiger charge is -2.42. The van der Waals surface area contributed by atoms with Gasteiger partial charge in [-0.15, -0.1) is 0 Å². The van der Waals surface area contributed by atoms with E-state index < -0.39 is 0 Å². The van der Waals surface area contributed by atoms with E-state index in [1.807, 2.05) is 25.2 Å². The van der Waals surface area contributed by atoms with Gasteiger partial charge in [-0.25, -0.2) is 0 Å². The van der Waals surface area contributed by atoms with E-state index in [-0.39, 0.29) is 6.10 Å². The zero-order valence-electron chi connectivity index (χ0n) is 19.8. The summed E-state index contributed by atoms with van der Waals surface area (Å²) in [5, 5.41) is 22.5. The number of thiocarbonyl (C=S) groups is 1. The van der Waals surface area contributed by atoms with Crippen LogP contribution < -0.4 is 10.2 Å². The van der Waals surface area contributed by atoms with Crippen LogP contribution in [0.1, 0.15) is 31.2 Å². The lowest BCUT2D eigenvalue weighted by molar-refractivity contribution is 0.0398. The summed E-state index contributed by atoms with van der Waals surface area (Å²) in [5.74, 6) is 0.746. The van der Waals surface area contributed by atoms with Gasteiger partial charge in [0.15, 0.2) is 10.3 Å². The molecule has 1 unspecified atom stereocenters. The van der Waals surface area contributed by atoms with Crippen LogP contribution in [0.4, 0.5) is 11.4 Å². The maximum atomic E-state index is 9.98. The molecule has 2 aromatic rings. The number of anilines is 2. The monoisotopic (exact) mass is 497 g/mol. The van der Waals surface area contributed by atoms with Crippen molar-refractivity contribution in [3.63, 3.8) is 0 Å². The van der Waals surface area contributed by atoms with Crippen molar-refractivity contribution >= 4 is 45.6 Å². The molecule has 6 nitrogen and oxygen atoms in total. The predicted octanol–water partition coefficient (Wildman–Crippen LogP) is 4.61. The lowest BCUT2D eigenvalue weighted by Crippen LogP contribution is -2.49. The van der Waals surface area contributed by atoms with E-state index >= 15 is 0 Å². The molecule has 0 amide bonds. The van der Waals surface area contributed by atoms with Gasteiger partial charge in [0, 0.05) is 49.9 Å². The van der Waals surface area contributed by atoms with Crippen molar-refractivity contribution in [1.29, 1.82) is 5.41 Å². The van der Waals surface area contributed by atoms with Crippen LogP contribution in [0.15, 0.2) is 54.6 Å². The van der Waals surface area contributed by atoms with Gasteiger partial charge in [-0.3, -0.25) is 10.3 Å². The lowest BCUT2D eigenvalue weighted by atomic mass is 9.98. The van der Waals surface area contributed by atoms with Crippen LogP contribution in [0.25, 0.3) is 0 Å². The molecule has 2 aliphatic rings. The molecule has 2 aromatic carbocycles. The van der Waals surface area contributed by atoms with E-state index in [1.54, 1.807) is 4.90 Å². The number of nitrogens with one attached hydrogen (secondary N) is 2. The number of β-amino-alcohol motifs (C(OH)–C–C–N with tert-alkyl or cyclic N) is 1. The Labute approximate surface area is 212 Å². The first kappa shape index (κ1) is 25.0. The highest BCUT2D eigenvalue weighted by atomic mass is 32.2. The van der Waals surface area contributed by atoms with E-state index in [9.17, 15) is 5.11 Å². The Morgan fingerprint density at radius 3 is 2.47 bits per heavy atom. The average Bonchev–Trinajstić information content (AvgIpc) is 2.88. The fourth-order valence-corrected chi connectivity index (χ4v) is 5.73. The number of piperidine rings is 2. The minimum Gasteiger partial charge on any atom is -0.392 e. The Morgan fingerprint density at radius 2 is 1.79 bits per heavy atom. The molecule has 3 N–H and O–H groups in total. The van der Waals surface area contributed by atoms with Crippen molar-refractivity contribution in [2.24, 2.45) is 0 Å². The van der Waals surface area contributed by atoms with Crippen molar-refractivity contribution < 1.29 is 5.11 Å². The smallest absolute Gasteiger partial charge is 0.179 e. The third-order valence-electron chi connectivity index (χ3n) is 6.72. The average molecular weight is 498 g/mol. The van der Waals surface area contributed by atoms with Crippen molar-refractivity contribution in [2.45, 2.75) is 43.6 Å². The molecule has 0 radical (unpaired) electrons. The standard InChI is InChI=1S/C26H35N5OS2/c1-29(25(27)34-19-20-6-3-2-4-7-20)26(33)28-21-9-11-22(12-10-21)30-16-13-23(14-17-30)31-15-5-8-24(32)18-31/h2-4,6-7,9-12,23-24,27,32H,5,8,13-19H2,1H3,(H,28,33). The number of nitrogens with zero attached hydrogens (tertiary/aromatic N) is 3. The number of likely N-dealkylation sites (tertiary alicyclic amines) is 1. The van der Waals surface area contributed by atoms with Crippen molar-refractivity contribution in [2.75, 3.05) is 43.4 Å². The molecule has 0 aromatic heterocycles. The molecule has 182 valence electrons. The molecular weight excluding hydrogens is 462 g/mol. The van der Waals surface area contributed by atoms with Gasteiger partial charge in [0.2, 0.25) is 0 Å². The number of rotatable bonds is 5. The zero-order chi connectivity index (χ0) is 23.9. The SMILES string of the molecule is CN(C(=N)SCc1ccccc1)C(=S)Nc1ccc(N2CCC(N3CCCC(O)C3)CC2)cc1. The number of hydrogen-bond acceptors (Lipinski definition) is 6. The largest absolute Gasteiger partial charge is 0.392 e. The zero-order valence-corrected chi connectivity index (χ0v) is 21.5. The Hall–Kier alpha value is -2.13. The summed E-state index contributed by atoms with van der Waals surface area (Å²) >= 11 is 7.00. The fraction of sp³-hybridized carbons (Fsp3) is 0.462. The van der Waals surface area contributed by atoms with Gasteiger partial charge in [-0.2, -0.15) is 0 Å². The molecule has 4 rings (SSSR count). The molecule has 8 heteroatoms. The Balaban J connectivity index is 1.23. The molecule has 0 bridgehead atoms. The highest BCUT2D eigenvalue weighted by Crippen LogP contribution is 2.26. The molecule has 2 aliphatic heterocycles. The third-order valence-corrected chi connectivity index (χ3v) is 8.12. The summed E-state index contributed by atoms with van der Waals surface area (Å²) in [5.41, 5.74) is 3.35. The number of thioether (sulfide) groups is 1. The second-order valence-electron chi connectivity index (χ2n) is 9.12. The molecule has 1 atom stereocenters. The molecule has 0 saturated carbocycles. The van der Waals surface area contributed by atoms with E-state index in [2.05, 4.69) is 51.5 Å². The molecular formula is C26H35N5OS2. The van der Waals surface area contributed by atoms with Gasteiger partial charge in [0.25, 0.3) is 0 Å². The maximum absolute atomic E-state index is 9.98. The Kier molecular flexibility index (Phi) is 8.83. The maximum Gasteiger partial charge on any atom is 0.179 e. The summed E-state index contributed by atoms with van der Waals surface area (Å²) < 4.78 is 0. The first-order chi connectivity index (χ1) is 16.5. The summed E-state index contributed by atoms with van der Waals surface area (Å²) in [7, 11) is 1.83. The van der Waals surface area contributed by atoms with Gasteiger partial charge in [-0.05, 0) is 74.3 Å². The highest BCUT2D eigenvalue weighted by molar-refractivity contribution is 8.13. The van der Waals surface area contributed by atoms with Crippen LogP contribution in [0.3, 0.4) is 0 Å². The predicted molar refractivity (Wildman–Crippen MR) is 148 cm³/mol. The minimum absolute atomic E-state index is 0.150. The summed E-state index contributed by atoms with van der Waals surface area (Å²) in [4.78, 5) is 6.64. The van der Waals surface area contributed by atoms with Crippen LogP contribution in [0.5, 0.6) is 0 Å². The van der Waals surface area contributed by atoms with Gasteiger partial charge in [0.1, 0.15) is 0 Å². The van der Waals surface area contributed by atoms with Crippen LogP contribution in [-0.4, -0.2) is 70.6 Å². The van der Waals surface area contributed by atoms with E-state index in [4.69, 9.17) is 17.6 Å². The molecule has 2 fully saturated rings. The van der Waals surface area contributed by atoms with Crippen LogP contribution in [0.2, 0.25) is 0 Å². The summed E-state index contributed by atoms with van der Waals surface area (Å²) in [6.45, 7) is 4.04. The molecule has 2 heterocycles. The fourth-order valence-electron chi connectivity index (χ4n) is 4.68. The quantitative estimate of drug-likeness (QED) is 0.317. The summed E-state index contributed by atoms with van der Waals surface area (Å²) in [6.07, 6.45) is 4.19. The topological polar surface area (TPSA) is 65.8 Å². The Morgan fingerprint density at radius 1 is 1.09 bits per heavy atom. The van der Waals surface area contributed by atoms with Crippen molar-refractivity contribution in [3.05, 3.63) is 60.2 Å². The number of aliphatic hydroxyl groups excluding tert-OH is 1. The van der Waals surface area contributed by atoms with Gasteiger partial charge < -0.3 is 20.2 Å². The summed E-state index contributed by atoms with van der Waals surface area (Å²) in [6, 6.07) is 19.2. The van der Waals surface area contributed by atoms with Gasteiger partial charge >= 0.3 is 0 Å². The number of aliphatic hydroxyl groups is 1. The number of amidine groups is 1. The molecule has 0 aliphatic carbocycles. The van der Waals surface area contributed by atoms with E-state index in [0.29, 0.717) is 16.3 Å². The molecule has 2 saturated heterocycles. The second kappa shape index (κ2) is 12.0. The van der Waals surface area contributed by atoms with Crippen LogP contribution in [0, 0.1) is 5.41 Å². The van der Waals surface area contributed by atoms with Gasteiger partial charge in [-0.1, -0.05) is 42.1 Å². The normalized spacial score (nSPS) is 19.6. The molecule has 34 heavy (non-hydrogen) atoms.